The Morgan fingerprint density at radius 3 is 2.81 bits per heavy atom. The van der Waals surface area contributed by atoms with E-state index in [0.717, 1.165) is 0 Å². The molecule has 10 heteroatoms. The summed E-state index contributed by atoms with van der Waals surface area (Å²) in [5, 5.41) is 16.5. The largest absolute Gasteiger partial charge is 0.548 e. The van der Waals surface area contributed by atoms with Crippen molar-refractivity contribution < 1.29 is 24.3 Å². The third-order valence-electron chi connectivity index (χ3n) is 4.71. The Bertz CT molecular complexity index is 704. The minimum atomic E-state index is -1.30. The van der Waals surface area contributed by atoms with Gasteiger partial charge in [0.2, 0.25) is 17.7 Å². The lowest BCUT2D eigenvalue weighted by Crippen LogP contribution is -2.56. The minimum absolute atomic E-state index is 0.140. The highest BCUT2D eigenvalue weighted by atomic mass is 16.4. The van der Waals surface area contributed by atoms with E-state index < -0.39 is 35.9 Å². The van der Waals surface area contributed by atoms with E-state index in [2.05, 4.69) is 20.6 Å². The Balaban J connectivity index is 1.74. The van der Waals surface area contributed by atoms with Crippen molar-refractivity contribution in [3.8, 4) is 0 Å². The lowest BCUT2D eigenvalue weighted by atomic mass is 10.1. The average Bonchev–Trinajstić information content (AvgIpc) is 3.34. The van der Waals surface area contributed by atoms with E-state index in [1.165, 1.54) is 17.4 Å². The second kappa shape index (κ2) is 7.54. The number of hydrogen-bond donors (Lipinski definition) is 3. The van der Waals surface area contributed by atoms with Gasteiger partial charge in [0.15, 0.2) is 0 Å². The van der Waals surface area contributed by atoms with E-state index in [9.17, 15) is 24.3 Å². The van der Waals surface area contributed by atoms with E-state index in [0.29, 0.717) is 31.5 Å². The molecule has 2 aliphatic heterocycles. The van der Waals surface area contributed by atoms with Crippen molar-refractivity contribution in [2.24, 2.45) is 0 Å². The Morgan fingerprint density at radius 1 is 1.38 bits per heavy atom. The van der Waals surface area contributed by atoms with Crippen LogP contribution in [0.25, 0.3) is 0 Å². The van der Waals surface area contributed by atoms with Crippen molar-refractivity contribution in [3.63, 3.8) is 0 Å². The number of rotatable bonds is 6. The molecule has 3 atom stereocenters. The molecule has 0 saturated carbocycles. The molecular formula is C16H20N5O5-. The Kier molecular flexibility index (Phi) is 5.19. The van der Waals surface area contributed by atoms with Crippen LogP contribution in [0, 0.1) is 0 Å². The van der Waals surface area contributed by atoms with Gasteiger partial charge in [-0.1, -0.05) is 0 Å². The maximum absolute atomic E-state index is 12.9. The second-order valence-corrected chi connectivity index (χ2v) is 6.51. The molecule has 2 aliphatic rings. The van der Waals surface area contributed by atoms with E-state index in [-0.39, 0.29) is 18.7 Å². The summed E-state index contributed by atoms with van der Waals surface area (Å²) in [5.41, 5.74) is 0.628. The minimum Gasteiger partial charge on any atom is -0.548 e. The normalized spacial score (nSPS) is 23.5. The second-order valence-electron chi connectivity index (χ2n) is 6.51. The van der Waals surface area contributed by atoms with Gasteiger partial charge >= 0.3 is 0 Å². The quantitative estimate of drug-likeness (QED) is 0.508. The number of likely N-dealkylation sites (tertiary alicyclic amines) is 1. The molecular weight excluding hydrogens is 342 g/mol. The fourth-order valence-corrected chi connectivity index (χ4v) is 3.38. The van der Waals surface area contributed by atoms with Crippen molar-refractivity contribution in [1.82, 2.24) is 25.5 Å². The van der Waals surface area contributed by atoms with E-state index in [4.69, 9.17) is 0 Å². The van der Waals surface area contributed by atoms with Crippen LogP contribution < -0.4 is 15.7 Å². The molecule has 1 aromatic heterocycles. The summed E-state index contributed by atoms with van der Waals surface area (Å²) in [6.45, 7) is 0.299. The van der Waals surface area contributed by atoms with Crippen LogP contribution in [0.2, 0.25) is 0 Å². The van der Waals surface area contributed by atoms with Gasteiger partial charge in [-0.15, -0.1) is 0 Å². The van der Waals surface area contributed by atoms with E-state index >= 15 is 0 Å². The number of nitrogens with zero attached hydrogens (tertiary/aromatic N) is 2. The van der Waals surface area contributed by atoms with Gasteiger partial charge in [0, 0.05) is 31.3 Å². The summed E-state index contributed by atoms with van der Waals surface area (Å²) in [5.74, 6) is -2.45. The molecule has 10 nitrogen and oxygen atoms in total. The first-order valence-electron chi connectivity index (χ1n) is 8.54. The summed E-state index contributed by atoms with van der Waals surface area (Å²) in [6, 6.07) is -2.63. The summed E-state index contributed by atoms with van der Waals surface area (Å²) in [7, 11) is 0. The molecule has 3 amide bonds. The van der Waals surface area contributed by atoms with Crippen LogP contribution in [0.3, 0.4) is 0 Å². The molecule has 3 heterocycles. The van der Waals surface area contributed by atoms with Crippen molar-refractivity contribution in [1.29, 1.82) is 0 Å². The lowest BCUT2D eigenvalue weighted by Gasteiger charge is -2.30. The van der Waals surface area contributed by atoms with Gasteiger partial charge in [-0.2, -0.15) is 0 Å². The molecule has 3 rings (SSSR count). The van der Waals surface area contributed by atoms with E-state index in [1.807, 2.05) is 0 Å². The van der Waals surface area contributed by atoms with Crippen LogP contribution in [0.15, 0.2) is 12.5 Å². The molecule has 1 aromatic rings. The zero-order valence-electron chi connectivity index (χ0n) is 14.1. The summed E-state index contributed by atoms with van der Waals surface area (Å²) in [6.07, 6.45) is 4.64. The summed E-state index contributed by atoms with van der Waals surface area (Å²) < 4.78 is 0. The first-order valence-corrected chi connectivity index (χ1v) is 8.54. The van der Waals surface area contributed by atoms with Crippen molar-refractivity contribution in [3.05, 3.63) is 18.2 Å². The van der Waals surface area contributed by atoms with Gasteiger partial charge in [-0.25, -0.2) is 4.98 Å². The average molecular weight is 362 g/mol. The van der Waals surface area contributed by atoms with Crippen LogP contribution in [-0.2, 0) is 25.6 Å². The van der Waals surface area contributed by atoms with Crippen molar-refractivity contribution in [2.75, 3.05) is 6.54 Å². The number of imidazole rings is 1. The molecule has 26 heavy (non-hydrogen) atoms. The van der Waals surface area contributed by atoms with Gasteiger partial charge in [0.1, 0.15) is 12.1 Å². The lowest BCUT2D eigenvalue weighted by molar-refractivity contribution is -0.310. The number of carboxylic acids is 1. The first-order chi connectivity index (χ1) is 12.5. The van der Waals surface area contributed by atoms with Crippen LogP contribution in [0.4, 0.5) is 0 Å². The van der Waals surface area contributed by atoms with Crippen LogP contribution in [0.5, 0.6) is 0 Å². The van der Waals surface area contributed by atoms with Gasteiger partial charge in [-0.3, -0.25) is 14.4 Å². The van der Waals surface area contributed by atoms with Gasteiger partial charge < -0.3 is 30.4 Å². The maximum atomic E-state index is 12.9. The van der Waals surface area contributed by atoms with Gasteiger partial charge in [0.05, 0.1) is 18.3 Å². The highest BCUT2D eigenvalue weighted by molar-refractivity contribution is 5.95. The smallest absolute Gasteiger partial charge is 0.246 e. The number of aromatic amines is 1. The molecule has 0 spiro atoms. The first kappa shape index (κ1) is 17.9. The molecule has 0 radical (unpaired) electrons. The summed E-state index contributed by atoms with van der Waals surface area (Å²) in [4.78, 5) is 55.9. The van der Waals surface area contributed by atoms with Crippen molar-refractivity contribution in [2.45, 2.75) is 50.2 Å². The third-order valence-corrected chi connectivity index (χ3v) is 4.71. The molecule has 0 bridgehead atoms. The van der Waals surface area contributed by atoms with Crippen LogP contribution in [-0.4, -0.2) is 63.2 Å². The number of carboxylic acid groups (broad SMARTS) is 1. The van der Waals surface area contributed by atoms with Crippen LogP contribution >= 0.6 is 0 Å². The zero-order valence-corrected chi connectivity index (χ0v) is 14.1. The maximum Gasteiger partial charge on any atom is 0.246 e. The number of hydrogen-bond acceptors (Lipinski definition) is 6. The molecule has 0 aliphatic carbocycles. The number of carbonyl (C=O) groups is 4. The van der Waals surface area contributed by atoms with E-state index in [1.54, 1.807) is 0 Å². The summed E-state index contributed by atoms with van der Waals surface area (Å²) >= 11 is 0. The van der Waals surface area contributed by atoms with Crippen molar-refractivity contribution >= 4 is 23.7 Å². The number of aliphatic carboxylic acids is 1. The predicted molar refractivity (Wildman–Crippen MR) is 85.1 cm³/mol. The number of H-pyrrole nitrogens is 1. The fourth-order valence-electron chi connectivity index (χ4n) is 3.38. The molecule has 140 valence electrons. The van der Waals surface area contributed by atoms with Gasteiger partial charge in [-0.05, 0) is 19.3 Å². The standard InChI is InChI=1S/C16H21N5O5/c22-13-4-3-10(19-13)14(23)20-11(6-9-7-17-8-18-9)15(24)21-5-1-2-12(21)16(25)26/h7-8,10-12H,1-6H2,(H,17,18)(H,19,22)(H,20,23)(H,25,26)/p-1/t10-,11-,12-/m0/s1. The fraction of sp³-hybridized carbons (Fsp3) is 0.562. The highest BCUT2D eigenvalue weighted by Crippen LogP contribution is 2.19. The molecule has 0 unspecified atom stereocenters. The number of carbonyl (C=O) groups excluding carboxylic acids is 4. The topological polar surface area (TPSA) is 147 Å². The Morgan fingerprint density at radius 2 is 2.19 bits per heavy atom. The molecule has 2 saturated heterocycles. The zero-order chi connectivity index (χ0) is 18.7. The number of nitrogens with one attached hydrogen (secondary N) is 3. The van der Waals surface area contributed by atoms with Gasteiger partial charge in [0.25, 0.3) is 0 Å². The predicted octanol–water partition coefficient (Wildman–Crippen LogP) is -2.54. The monoisotopic (exact) mass is 362 g/mol. The van der Waals surface area contributed by atoms with Crippen LogP contribution in [0.1, 0.15) is 31.4 Å². The molecule has 0 aromatic carbocycles. The molecule has 3 N–H and O–H groups in total. The SMILES string of the molecule is O=C1CC[C@@H](C(=O)N[C@@H](Cc2cnc[nH]2)C(=O)N2CCC[C@H]2C(=O)[O-])N1. The number of amides is 3. The molecule has 2 fully saturated rings. The number of aromatic nitrogens is 2. The Labute approximate surface area is 149 Å². The highest BCUT2D eigenvalue weighted by Gasteiger charge is 2.36. The third kappa shape index (κ3) is 3.84. The Hall–Kier alpha value is -2.91.